The van der Waals surface area contributed by atoms with Crippen molar-refractivity contribution >= 4 is 18.0 Å². The fourth-order valence-electron chi connectivity index (χ4n) is 0.785. The van der Waals surface area contributed by atoms with Gasteiger partial charge in [0.1, 0.15) is 5.75 Å². The predicted octanol–water partition coefficient (Wildman–Crippen LogP) is 2.66. The van der Waals surface area contributed by atoms with Crippen LogP contribution in [0.2, 0.25) is 0 Å². The van der Waals surface area contributed by atoms with Crippen LogP contribution in [-0.2, 0) is 8.98 Å². The molecule has 1 aromatic carbocycles. The number of carbonyl (C=O) groups is 1. The minimum atomic E-state index is -0.217. The third-order valence-electron chi connectivity index (χ3n) is 1.58. The summed E-state index contributed by atoms with van der Waals surface area (Å²) in [5, 5.41) is 0. The maximum atomic E-state index is 10.8. The van der Waals surface area contributed by atoms with Crippen LogP contribution in [0.1, 0.15) is 13.3 Å². The van der Waals surface area contributed by atoms with Crippen LogP contribution in [0, 0.1) is 0 Å². The smallest absolute Gasteiger partial charge is 0.317 e. The van der Waals surface area contributed by atoms with E-state index in [1.165, 1.54) is 0 Å². The molecule has 14 heavy (non-hydrogen) atoms. The van der Waals surface area contributed by atoms with Crippen molar-refractivity contribution in [1.29, 1.82) is 0 Å². The molecule has 0 aliphatic carbocycles. The van der Waals surface area contributed by atoms with Gasteiger partial charge in [0.05, 0.1) is 19.2 Å². The molecule has 0 radical (unpaired) electrons. The van der Waals surface area contributed by atoms with Gasteiger partial charge in [-0.05, 0) is 24.3 Å². The average molecular weight is 212 g/mol. The fourth-order valence-corrected chi connectivity index (χ4v) is 1.34. The van der Waals surface area contributed by atoms with Crippen molar-refractivity contribution in [3.8, 4) is 5.75 Å². The Morgan fingerprint density at radius 3 is 2.50 bits per heavy atom. The molecule has 0 aliphatic heterocycles. The number of ether oxygens (including phenoxy) is 1. The summed E-state index contributed by atoms with van der Waals surface area (Å²) >= 11 is 1.07. The second-order valence-corrected chi connectivity index (χ2v) is 3.37. The lowest BCUT2D eigenvalue weighted by Gasteiger charge is -2.02. The Morgan fingerprint density at radius 2 is 2.00 bits per heavy atom. The molecule has 0 heterocycles. The Kier molecular flexibility index (Phi) is 4.32. The van der Waals surface area contributed by atoms with Gasteiger partial charge in [0.25, 0.3) is 0 Å². The summed E-state index contributed by atoms with van der Waals surface area (Å²) in [4.78, 5) is 11.7. The van der Waals surface area contributed by atoms with Crippen molar-refractivity contribution in [2.45, 2.75) is 18.2 Å². The topological polar surface area (TPSA) is 35.5 Å². The van der Waals surface area contributed by atoms with Gasteiger partial charge in [-0.15, -0.1) is 0 Å². The minimum Gasteiger partial charge on any atom is -0.497 e. The molecule has 0 spiro atoms. The molecule has 0 aliphatic rings. The van der Waals surface area contributed by atoms with Crippen LogP contribution in [0.3, 0.4) is 0 Å². The molecule has 1 rings (SSSR count). The van der Waals surface area contributed by atoms with E-state index >= 15 is 0 Å². The Hall–Kier alpha value is -1.16. The molecule has 0 unspecified atom stereocenters. The molecular formula is C10H12O3S. The van der Waals surface area contributed by atoms with E-state index in [2.05, 4.69) is 0 Å². The first-order valence-corrected chi connectivity index (χ1v) is 5.02. The van der Waals surface area contributed by atoms with Gasteiger partial charge in [0, 0.05) is 11.3 Å². The van der Waals surface area contributed by atoms with Gasteiger partial charge in [0.15, 0.2) is 0 Å². The van der Waals surface area contributed by atoms with E-state index in [4.69, 9.17) is 8.92 Å². The summed E-state index contributed by atoms with van der Waals surface area (Å²) in [7, 11) is 1.61. The van der Waals surface area contributed by atoms with Gasteiger partial charge in [-0.1, -0.05) is 6.92 Å². The molecule has 0 bridgehead atoms. The van der Waals surface area contributed by atoms with Crippen molar-refractivity contribution in [2.24, 2.45) is 0 Å². The Morgan fingerprint density at radius 1 is 1.36 bits per heavy atom. The van der Waals surface area contributed by atoms with Crippen molar-refractivity contribution in [3.05, 3.63) is 24.3 Å². The van der Waals surface area contributed by atoms with Gasteiger partial charge in [-0.2, -0.15) is 0 Å². The summed E-state index contributed by atoms with van der Waals surface area (Å²) < 4.78 is 9.89. The van der Waals surface area contributed by atoms with Gasteiger partial charge in [-0.3, -0.25) is 4.79 Å². The highest BCUT2D eigenvalue weighted by molar-refractivity contribution is 7.95. The zero-order valence-corrected chi connectivity index (χ0v) is 8.97. The summed E-state index contributed by atoms with van der Waals surface area (Å²) in [6.07, 6.45) is 0.392. The number of rotatable bonds is 4. The molecule has 0 saturated heterocycles. The third kappa shape index (κ3) is 3.30. The van der Waals surface area contributed by atoms with Crippen molar-refractivity contribution < 1.29 is 13.7 Å². The van der Waals surface area contributed by atoms with E-state index in [0.717, 1.165) is 22.7 Å². The molecule has 0 amide bonds. The zero-order chi connectivity index (χ0) is 10.4. The molecule has 0 fully saturated rings. The van der Waals surface area contributed by atoms with E-state index in [9.17, 15) is 4.79 Å². The Balaban J connectivity index is 2.47. The van der Waals surface area contributed by atoms with E-state index < -0.39 is 0 Å². The van der Waals surface area contributed by atoms with Crippen LogP contribution >= 0.6 is 12.0 Å². The predicted molar refractivity (Wildman–Crippen MR) is 55.2 cm³/mol. The van der Waals surface area contributed by atoms with Crippen LogP contribution in [0.25, 0.3) is 0 Å². The number of hydrogen-bond acceptors (Lipinski definition) is 4. The summed E-state index contributed by atoms with van der Waals surface area (Å²) in [6.45, 7) is 1.76. The first-order valence-electron chi connectivity index (χ1n) is 4.27. The molecule has 76 valence electrons. The van der Waals surface area contributed by atoms with Gasteiger partial charge in [-0.25, -0.2) is 0 Å². The van der Waals surface area contributed by atoms with E-state index in [0.29, 0.717) is 6.42 Å². The van der Waals surface area contributed by atoms with Gasteiger partial charge in [0.2, 0.25) is 0 Å². The lowest BCUT2D eigenvalue weighted by molar-refractivity contribution is -0.132. The van der Waals surface area contributed by atoms with Crippen LogP contribution in [0.5, 0.6) is 5.75 Å². The normalized spacial score (nSPS) is 9.57. The maximum absolute atomic E-state index is 10.8. The van der Waals surface area contributed by atoms with Crippen molar-refractivity contribution in [1.82, 2.24) is 0 Å². The summed E-state index contributed by atoms with van der Waals surface area (Å²) in [5.41, 5.74) is 0. The van der Waals surface area contributed by atoms with Crippen molar-refractivity contribution in [2.75, 3.05) is 7.11 Å². The number of hydrogen-bond donors (Lipinski definition) is 0. The highest BCUT2D eigenvalue weighted by Gasteiger charge is 2.01. The lowest BCUT2D eigenvalue weighted by Crippen LogP contribution is -1.94. The maximum Gasteiger partial charge on any atom is 0.317 e. The molecular weight excluding hydrogens is 200 g/mol. The van der Waals surface area contributed by atoms with Gasteiger partial charge >= 0.3 is 5.97 Å². The first-order chi connectivity index (χ1) is 6.76. The van der Waals surface area contributed by atoms with Crippen LogP contribution < -0.4 is 4.74 Å². The lowest BCUT2D eigenvalue weighted by atomic mass is 10.3. The summed E-state index contributed by atoms with van der Waals surface area (Å²) in [6, 6.07) is 7.32. The molecule has 0 N–H and O–H groups in total. The molecule has 0 atom stereocenters. The largest absolute Gasteiger partial charge is 0.497 e. The zero-order valence-electron chi connectivity index (χ0n) is 8.15. The van der Waals surface area contributed by atoms with Crippen LogP contribution in [0.4, 0.5) is 0 Å². The minimum absolute atomic E-state index is 0.217. The van der Waals surface area contributed by atoms with Crippen LogP contribution in [0.15, 0.2) is 29.2 Å². The molecule has 1 aromatic rings. The standard InChI is InChI=1S/C10H12O3S/c1-3-10(11)13-14-9-6-4-8(12-2)5-7-9/h4-7H,3H2,1-2H3. The fraction of sp³-hybridized carbons (Fsp3) is 0.300. The Labute approximate surface area is 87.6 Å². The second-order valence-electron chi connectivity index (χ2n) is 2.57. The first kappa shape index (κ1) is 10.9. The molecule has 0 aromatic heterocycles. The van der Waals surface area contributed by atoms with E-state index in [1.54, 1.807) is 14.0 Å². The highest BCUT2D eigenvalue weighted by atomic mass is 32.2. The van der Waals surface area contributed by atoms with Crippen LogP contribution in [-0.4, -0.2) is 13.1 Å². The number of carbonyl (C=O) groups excluding carboxylic acids is 1. The third-order valence-corrected chi connectivity index (χ3v) is 2.31. The quantitative estimate of drug-likeness (QED) is 0.719. The molecule has 0 saturated carbocycles. The monoisotopic (exact) mass is 212 g/mol. The average Bonchev–Trinajstić information content (AvgIpc) is 2.26. The highest BCUT2D eigenvalue weighted by Crippen LogP contribution is 2.22. The molecule has 3 nitrogen and oxygen atoms in total. The van der Waals surface area contributed by atoms with E-state index in [1.807, 2.05) is 24.3 Å². The summed E-state index contributed by atoms with van der Waals surface area (Å²) in [5.74, 6) is 0.571. The van der Waals surface area contributed by atoms with Gasteiger partial charge < -0.3 is 8.92 Å². The second kappa shape index (κ2) is 5.54. The number of methoxy groups -OCH3 is 1. The number of benzene rings is 1. The molecule has 4 heteroatoms. The SMILES string of the molecule is CCC(=O)OSc1ccc(OC)cc1. The van der Waals surface area contributed by atoms with E-state index in [-0.39, 0.29) is 5.97 Å². The Bertz CT molecular complexity index is 295. The van der Waals surface area contributed by atoms with Crippen molar-refractivity contribution in [3.63, 3.8) is 0 Å².